The van der Waals surface area contributed by atoms with Crippen LogP contribution in [0.1, 0.15) is 11.1 Å². The molecule has 0 amide bonds. The molecule has 5 heteroatoms. The van der Waals surface area contributed by atoms with Gasteiger partial charge in [0.05, 0.1) is 0 Å². The zero-order valence-corrected chi connectivity index (χ0v) is 13.3. The summed E-state index contributed by atoms with van der Waals surface area (Å²) in [5.41, 5.74) is 1.44. The lowest BCUT2D eigenvalue weighted by atomic mass is 10.2. The van der Waals surface area contributed by atoms with Gasteiger partial charge in [-0.3, -0.25) is 0 Å². The molecule has 0 atom stereocenters. The molecule has 0 heterocycles. The Morgan fingerprint density at radius 2 is 1.44 bits per heavy atom. The highest BCUT2D eigenvalue weighted by Gasteiger charge is 2.07. The van der Waals surface area contributed by atoms with Crippen molar-refractivity contribution in [2.24, 2.45) is 0 Å². The summed E-state index contributed by atoms with van der Waals surface area (Å²) in [5, 5.41) is 2.75. The summed E-state index contributed by atoms with van der Waals surface area (Å²) in [6.07, 6.45) is 0. The maximum atomic E-state index is 13.6. The molecular formula is C20H16F3NO. The fourth-order valence-electron chi connectivity index (χ4n) is 2.35. The molecule has 0 aliphatic heterocycles. The average molecular weight is 343 g/mol. The number of rotatable bonds is 6. The summed E-state index contributed by atoms with van der Waals surface area (Å²) in [4.78, 5) is 0. The number of hydrogen-bond acceptors (Lipinski definition) is 2. The van der Waals surface area contributed by atoms with Crippen LogP contribution in [0.3, 0.4) is 0 Å². The van der Waals surface area contributed by atoms with Gasteiger partial charge in [-0.1, -0.05) is 30.3 Å². The highest BCUT2D eigenvalue weighted by molar-refractivity contribution is 5.46. The lowest BCUT2D eigenvalue weighted by Gasteiger charge is -2.10. The Bertz CT molecular complexity index is 830. The van der Waals surface area contributed by atoms with E-state index in [1.165, 1.54) is 30.3 Å². The van der Waals surface area contributed by atoms with Crippen LogP contribution in [0.5, 0.6) is 5.75 Å². The Kier molecular flexibility index (Phi) is 5.23. The third-order valence-corrected chi connectivity index (χ3v) is 3.65. The Morgan fingerprint density at radius 3 is 2.12 bits per heavy atom. The van der Waals surface area contributed by atoms with Gasteiger partial charge in [0.15, 0.2) is 0 Å². The van der Waals surface area contributed by atoms with E-state index >= 15 is 0 Å². The van der Waals surface area contributed by atoms with E-state index < -0.39 is 11.6 Å². The van der Waals surface area contributed by atoms with E-state index in [9.17, 15) is 13.2 Å². The summed E-state index contributed by atoms with van der Waals surface area (Å²) >= 11 is 0. The molecule has 3 aromatic carbocycles. The van der Waals surface area contributed by atoms with Crippen molar-refractivity contribution in [2.45, 2.75) is 13.2 Å². The van der Waals surface area contributed by atoms with Crippen molar-refractivity contribution >= 4 is 5.69 Å². The van der Waals surface area contributed by atoms with Gasteiger partial charge in [-0.05, 0) is 47.5 Å². The molecule has 0 saturated heterocycles. The smallest absolute Gasteiger partial charge is 0.149 e. The van der Waals surface area contributed by atoms with Crippen molar-refractivity contribution in [3.8, 4) is 5.75 Å². The van der Waals surface area contributed by atoms with Crippen LogP contribution in [0.25, 0.3) is 0 Å². The summed E-state index contributed by atoms with van der Waals surface area (Å²) < 4.78 is 45.8. The number of ether oxygens (including phenoxy) is 1. The lowest BCUT2D eigenvalue weighted by molar-refractivity contribution is 0.305. The van der Waals surface area contributed by atoms with Crippen LogP contribution >= 0.6 is 0 Å². The van der Waals surface area contributed by atoms with Crippen molar-refractivity contribution < 1.29 is 17.9 Å². The molecule has 2 nitrogen and oxygen atoms in total. The van der Waals surface area contributed by atoms with Crippen molar-refractivity contribution in [3.63, 3.8) is 0 Å². The molecule has 1 N–H and O–H groups in total. The zero-order chi connectivity index (χ0) is 17.6. The quantitative estimate of drug-likeness (QED) is 0.656. The van der Waals surface area contributed by atoms with E-state index in [0.29, 0.717) is 5.75 Å². The van der Waals surface area contributed by atoms with Gasteiger partial charge in [-0.25, -0.2) is 13.2 Å². The van der Waals surface area contributed by atoms with E-state index in [1.807, 2.05) is 0 Å². The standard InChI is InChI=1S/C20H16F3NO/c21-16-4-1-3-15(11-16)13-25-17-9-7-14(8-10-17)12-24-20-18(22)5-2-6-19(20)23/h1-11,24H,12-13H2. The van der Waals surface area contributed by atoms with Crippen LogP contribution in [0.15, 0.2) is 66.7 Å². The van der Waals surface area contributed by atoms with Crippen LogP contribution < -0.4 is 10.1 Å². The number of nitrogens with one attached hydrogen (secondary N) is 1. The minimum absolute atomic E-state index is 0.145. The second-order valence-electron chi connectivity index (χ2n) is 5.51. The Hall–Kier alpha value is -2.95. The van der Waals surface area contributed by atoms with Gasteiger partial charge in [-0.2, -0.15) is 0 Å². The Morgan fingerprint density at radius 1 is 0.760 bits per heavy atom. The predicted octanol–water partition coefficient (Wildman–Crippen LogP) is 5.30. The SMILES string of the molecule is Fc1cccc(COc2ccc(CNc3c(F)cccc3F)cc2)c1. The van der Waals surface area contributed by atoms with E-state index in [-0.39, 0.29) is 24.7 Å². The first-order valence-corrected chi connectivity index (χ1v) is 7.76. The third kappa shape index (κ3) is 4.53. The second-order valence-corrected chi connectivity index (χ2v) is 5.51. The van der Waals surface area contributed by atoms with Crippen LogP contribution in [-0.2, 0) is 13.2 Å². The van der Waals surface area contributed by atoms with E-state index in [1.54, 1.807) is 36.4 Å². The van der Waals surface area contributed by atoms with Gasteiger partial charge in [0.2, 0.25) is 0 Å². The van der Waals surface area contributed by atoms with Gasteiger partial charge in [0.25, 0.3) is 0 Å². The van der Waals surface area contributed by atoms with Crippen LogP contribution in [0.2, 0.25) is 0 Å². The minimum atomic E-state index is -0.630. The molecule has 3 rings (SSSR count). The van der Waals surface area contributed by atoms with Crippen LogP contribution in [0, 0.1) is 17.5 Å². The van der Waals surface area contributed by atoms with E-state index in [0.717, 1.165) is 11.1 Å². The average Bonchev–Trinajstić information content (AvgIpc) is 2.61. The summed E-state index contributed by atoms with van der Waals surface area (Å²) in [6.45, 7) is 0.540. The van der Waals surface area contributed by atoms with Gasteiger partial charge < -0.3 is 10.1 Å². The third-order valence-electron chi connectivity index (χ3n) is 3.65. The molecule has 0 fully saturated rings. The first kappa shape index (κ1) is 16.9. The molecule has 0 unspecified atom stereocenters. The Labute approximate surface area is 143 Å². The molecule has 0 radical (unpaired) electrons. The van der Waals surface area contributed by atoms with Crippen molar-refractivity contribution in [1.82, 2.24) is 0 Å². The second kappa shape index (κ2) is 7.75. The number of benzene rings is 3. The topological polar surface area (TPSA) is 21.3 Å². The molecule has 0 bridgehead atoms. The van der Waals surface area contributed by atoms with Crippen molar-refractivity contribution in [3.05, 3.63) is 95.3 Å². The fourth-order valence-corrected chi connectivity index (χ4v) is 2.35. The highest BCUT2D eigenvalue weighted by Crippen LogP contribution is 2.20. The molecular weight excluding hydrogens is 327 g/mol. The monoisotopic (exact) mass is 343 g/mol. The molecule has 0 saturated carbocycles. The summed E-state index contributed by atoms with van der Waals surface area (Å²) in [7, 11) is 0. The molecule has 0 spiro atoms. The molecule has 25 heavy (non-hydrogen) atoms. The molecule has 0 aliphatic rings. The molecule has 128 valence electrons. The maximum absolute atomic E-state index is 13.6. The van der Waals surface area contributed by atoms with E-state index in [4.69, 9.17) is 4.74 Å². The largest absolute Gasteiger partial charge is 0.489 e. The van der Waals surface area contributed by atoms with E-state index in [2.05, 4.69) is 5.32 Å². The van der Waals surface area contributed by atoms with Gasteiger partial charge in [-0.15, -0.1) is 0 Å². The van der Waals surface area contributed by atoms with Crippen molar-refractivity contribution in [1.29, 1.82) is 0 Å². The zero-order valence-electron chi connectivity index (χ0n) is 13.3. The highest BCUT2D eigenvalue weighted by atomic mass is 19.1. The summed E-state index contributed by atoms with van der Waals surface area (Å²) in [6, 6.07) is 17.0. The molecule has 3 aromatic rings. The molecule has 0 aromatic heterocycles. The van der Waals surface area contributed by atoms with Crippen molar-refractivity contribution in [2.75, 3.05) is 5.32 Å². The molecule has 0 aliphatic carbocycles. The van der Waals surface area contributed by atoms with Gasteiger partial charge in [0, 0.05) is 6.54 Å². The number of halogens is 3. The van der Waals surface area contributed by atoms with Gasteiger partial charge >= 0.3 is 0 Å². The number of para-hydroxylation sites is 1. The predicted molar refractivity (Wildman–Crippen MR) is 90.9 cm³/mol. The number of hydrogen-bond donors (Lipinski definition) is 1. The maximum Gasteiger partial charge on any atom is 0.149 e. The van der Waals surface area contributed by atoms with Crippen LogP contribution in [-0.4, -0.2) is 0 Å². The van der Waals surface area contributed by atoms with Gasteiger partial charge in [0.1, 0.15) is 35.5 Å². The van der Waals surface area contributed by atoms with Crippen LogP contribution in [0.4, 0.5) is 18.9 Å². The number of anilines is 1. The Balaban J connectivity index is 1.57. The lowest BCUT2D eigenvalue weighted by Crippen LogP contribution is -2.03. The summed E-state index contributed by atoms with van der Waals surface area (Å²) in [5.74, 6) is -0.932. The fraction of sp³-hybridized carbons (Fsp3) is 0.100. The first-order valence-electron chi connectivity index (χ1n) is 7.76. The minimum Gasteiger partial charge on any atom is -0.489 e. The normalized spacial score (nSPS) is 10.5. The first-order chi connectivity index (χ1) is 12.1.